The molecule has 112 valence electrons. The molecule has 0 N–H and O–H groups in total. The van der Waals surface area contributed by atoms with Crippen LogP contribution in [-0.4, -0.2) is 11.1 Å². The first kappa shape index (κ1) is 15.9. The lowest BCUT2D eigenvalue weighted by molar-refractivity contribution is -0.107. The number of hydrogen-bond acceptors (Lipinski definition) is 2. The van der Waals surface area contributed by atoms with E-state index in [-0.39, 0.29) is 32.4 Å². The van der Waals surface area contributed by atoms with Gasteiger partial charge in [-0.15, -0.1) is 0 Å². The maximum Gasteiger partial charge on any atom is 0.213 e. The molecule has 0 spiro atoms. The first-order chi connectivity index (χ1) is 9.66. The molecule has 1 aliphatic carbocycles. The van der Waals surface area contributed by atoms with E-state index in [1.807, 2.05) is 30.3 Å². The lowest BCUT2D eigenvalue weighted by Gasteiger charge is -2.41. The Labute approximate surface area is 129 Å². The van der Waals surface area contributed by atoms with Crippen LogP contribution in [0.15, 0.2) is 48.7 Å². The van der Waals surface area contributed by atoms with E-state index >= 15 is 0 Å². The largest absolute Gasteiger partial charge is 0.373 e. The van der Waals surface area contributed by atoms with Gasteiger partial charge in [-0.3, -0.25) is 0 Å². The van der Waals surface area contributed by atoms with Crippen LogP contribution in [0, 0.1) is 5.95 Å². The van der Waals surface area contributed by atoms with Crippen molar-refractivity contribution in [1.29, 1.82) is 0 Å². The summed E-state index contributed by atoms with van der Waals surface area (Å²) in [5, 5.41) is 0. The van der Waals surface area contributed by atoms with Gasteiger partial charge in [-0.25, -0.2) is 9.37 Å². The molecule has 0 unspecified atom stereocenters. The summed E-state index contributed by atoms with van der Waals surface area (Å²) < 4.78 is 33.2. The molecule has 1 heterocycles. The molecule has 1 aliphatic rings. The highest BCUT2D eigenvalue weighted by molar-refractivity contribution is 7.59. The van der Waals surface area contributed by atoms with Gasteiger partial charge >= 0.3 is 0 Å². The molecule has 1 aromatic heterocycles. The maximum atomic E-state index is 14.5. The molecule has 0 bridgehead atoms. The highest BCUT2D eigenvalue weighted by Gasteiger charge is 2.47. The van der Waals surface area contributed by atoms with Gasteiger partial charge in [-0.05, 0) is 23.3 Å². The Bertz CT molecular complexity index is 588. The average molecular weight is 309 g/mol. The topological polar surface area (TPSA) is 22.1 Å². The first-order valence-electron chi connectivity index (χ1n) is 6.62. The molecule has 0 amide bonds. The highest BCUT2D eigenvalue weighted by atomic mass is 32.1. The molecule has 2 nitrogen and oxygen atoms in total. The SMILES string of the molecule is Fc1cc(C2(F)CC(OCc3ccccc3)C2)ccn1.S. The van der Waals surface area contributed by atoms with Gasteiger partial charge in [0.15, 0.2) is 0 Å². The van der Waals surface area contributed by atoms with E-state index in [4.69, 9.17) is 4.74 Å². The molecule has 1 aromatic carbocycles. The van der Waals surface area contributed by atoms with Crippen LogP contribution in [0.25, 0.3) is 0 Å². The van der Waals surface area contributed by atoms with Crippen molar-refractivity contribution >= 4 is 13.5 Å². The smallest absolute Gasteiger partial charge is 0.213 e. The van der Waals surface area contributed by atoms with Crippen molar-refractivity contribution in [3.63, 3.8) is 0 Å². The fourth-order valence-corrected chi connectivity index (χ4v) is 2.48. The zero-order valence-corrected chi connectivity index (χ0v) is 12.4. The summed E-state index contributed by atoms with van der Waals surface area (Å²) in [7, 11) is 0. The molecule has 0 saturated heterocycles. The Hall–Kier alpha value is -1.46. The molecule has 3 rings (SSSR count). The fraction of sp³-hybridized carbons (Fsp3) is 0.312. The number of pyridine rings is 1. The molecule has 0 aliphatic heterocycles. The number of alkyl halides is 1. The van der Waals surface area contributed by atoms with Crippen molar-refractivity contribution in [1.82, 2.24) is 4.98 Å². The molecule has 21 heavy (non-hydrogen) atoms. The van der Waals surface area contributed by atoms with Crippen LogP contribution < -0.4 is 0 Å². The quantitative estimate of drug-likeness (QED) is 0.800. The summed E-state index contributed by atoms with van der Waals surface area (Å²) in [6, 6.07) is 12.5. The lowest BCUT2D eigenvalue weighted by atomic mass is 9.74. The highest BCUT2D eigenvalue weighted by Crippen LogP contribution is 2.46. The Balaban J connectivity index is 0.00000161. The predicted molar refractivity (Wildman–Crippen MR) is 81.6 cm³/mol. The van der Waals surface area contributed by atoms with Gasteiger partial charge in [0, 0.05) is 19.0 Å². The van der Waals surface area contributed by atoms with E-state index < -0.39 is 11.6 Å². The number of nitrogens with zero attached hydrogens (tertiary/aromatic N) is 1. The molecule has 1 fully saturated rings. The van der Waals surface area contributed by atoms with Crippen LogP contribution in [0.1, 0.15) is 24.0 Å². The van der Waals surface area contributed by atoms with E-state index in [0.29, 0.717) is 12.2 Å². The van der Waals surface area contributed by atoms with Crippen molar-refractivity contribution in [2.75, 3.05) is 0 Å². The van der Waals surface area contributed by atoms with Crippen LogP contribution in [-0.2, 0) is 17.0 Å². The summed E-state index contributed by atoms with van der Waals surface area (Å²) in [5.74, 6) is -0.645. The number of ether oxygens (including phenoxy) is 1. The summed E-state index contributed by atoms with van der Waals surface area (Å²) in [4.78, 5) is 3.44. The molecule has 0 radical (unpaired) electrons. The van der Waals surface area contributed by atoms with E-state index in [1.54, 1.807) is 0 Å². The average Bonchev–Trinajstić information content (AvgIpc) is 2.43. The molecular weight excluding hydrogens is 292 g/mol. The second kappa shape index (κ2) is 6.54. The summed E-state index contributed by atoms with van der Waals surface area (Å²) in [6.07, 6.45) is 1.72. The summed E-state index contributed by atoms with van der Waals surface area (Å²) >= 11 is 0. The first-order valence-corrected chi connectivity index (χ1v) is 6.62. The second-order valence-electron chi connectivity index (χ2n) is 5.16. The van der Waals surface area contributed by atoms with Gasteiger partial charge in [0.2, 0.25) is 5.95 Å². The molecule has 5 heteroatoms. The van der Waals surface area contributed by atoms with Gasteiger partial charge in [0.25, 0.3) is 0 Å². The Morgan fingerprint density at radius 3 is 2.57 bits per heavy atom. The zero-order valence-electron chi connectivity index (χ0n) is 11.4. The third-order valence-electron chi connectivity index (χ3n) is 3.67. The van der Waals surface area contributed by atoms with E-state index in [1.165, 1.54) is 12.3 Å². The van der Waals surface area contributed by atoms with Gasteiger partial charge in [-0.1, -0.05) is 30.3 Å². The molecular formula is C16H17F2NOS. The van der Waals surface area contributed by atoms with Crippen molar-refractivity contribution < 1.29 is 13.5 Å². The lowest BCUT2D eigenvalue weighted by Crippen LogP contribution is -2.42. The number of benzene rings is 1. The minimum Gasteiger partial charge on any atom is -0.373 e. The Morgan fingerprint density at radius 2 is 1.90 bits per heavy atom. The zero-order chi connectivity index (χ0) is 14.0. The van der Waals surface area contributed by atoms with Crippen LogP contribution in [0.5, 0.6) is 0 Å². The molecule has 0 atom stereocenters. The van der Waals surface area contributed by atoms with Crippen LogP contribution in [0.3, 0.4) is 0 Å². The maximum absolute atomic E-state index is 14.5. The normalized spacial score (nSPS) is 24.0. The predicted octanol–water partition coefficient (Wildman–Crippen LogP) is 3.88. The third kappa shape index (κ3) is 3.60. The van der Waals surface area contributed by atoms with Crippen molar-refractivity contribution in [2.45, 2.75) is 31.2 Å². The van der Waals surface area contributed by atoms with Gasteiger partial charge < -0.3 is 4.74 Å². The third-order valence-corrected chi connectivity index (χ3v) is 3.67. The van der Waals surface area contributed by atoms with E-state index in [0.717, 1.165) is 11.6 Å². The number of rotatable bonds is 4. The van der Waals surface area contributed by atoms with Crippen molar-refractivity contribution in [3.05, 3.63) is 65.7 Å². The van der Waals surface area contributed by atoms with Crippen LogP contribution in [0.4, 0.5) is 8.78 Å². The monoisotopic (exact) mass is 309 g/mol. The standard InChI is InChI=1S/C16H15F2NO.H2S/c17-15-8-13(6-7-19-15)16(18)9-14(10-16)20-11-12-4-2-1-3-5-12;/h1-8,14H,9-11H2;1H2. The Morgan fingerprint density at radius 1 is 1.19 bits per heavy atom. The molecule has 1 saturated carbocycles. The Kier molecular flexibility index (Phi) is 4.96. The minimum absolute atomic E-state index is 0. The summed E-state index contributed by atoms with van der Waals surface area (Å²) in [5.41, 5.74) is -0.0612. The molecule has 2 aromatic rings. The fourth-order valence-electron chi connectivity index (χ4n) is 2.48. The number of hydrogen-bond donors (Lipinski definition) is 0. The van der Waals surface area contributed by atoms with Crippen molar-refractivity contribution in [2.24, 2.45) is 0 Å². The van der Waals surface area contributed by atoms with Crippen LogP contribution >= 0.6 is 13.5 Å². The summed E-state index contributed by atoms with van der Waals surface area (Å²) in [6.45, 7) is 0.478. The van der Waals surface area contributed by atoms with E-state index in [9.17, 15) is 8.78 Å². The van der Waals surface area contributed by atoms with Gasteiger partial charge in [0.05, 0.1) is 12.7 Å². The van der Waals surface area contributed by atoms with Gasteiger partial charge in [0.1, 0.15) is 5.67 Å². The van der Waals surface area contributed by atoms with Gasteiger partial charge in [-0.2, -0.15) is 17.9 Å². The minimum atomic E-state index is -1.48. The van der Waals surface area contributed by atoms with E-state index in [2.05, 4.69) is 4.98 Å². The second-order valence-corrected chi connectivity index (χ2v) is 5.16. The van der Waals surface area contributed by atoms with Crippen molar-refractivity contribution in [3.8, 4) is 0 Å². The number of aromatic nitrogens is 1. The number of halogens is 2. The van der Waals surface area contributed by atoms with Crippen LogP contribution in [0.2, 0.25) is 0 Å².